The van der Waals surface area contributed by atoms with Crippen molar-refractivity contribution in [2.24, 2.45) is 0 Å². The molecule has 0 aliphatic heterocycles. The summed E-state index contributed by atoms with van der Waals surface area (Å²) in [5.41, 5.74) is 1.01. The van der Waals surface area contributed by atoms with E-state index in [1.165, 1.54) is 19.2 Å². The van der Waals surface area contributed by atoms with Crippen LogP contribution in [-0.2, 0) is 10.0 Å². The van der Waals surface area contributed by atoms with Crippen molar-refractivity contribution in [2.75, 3.05) is 20.2 Å². The van der Waals surface area contributed by atoms with Crippen molar-refractivity contribution in [1.82, 2.24) is 15.0 Å². The predicted molar refractivity (Wildman–Crippen MR) is 102 cm³/mol. The molecule has 1 aromatic heterocycles. The summed E-state index contributed by atoms with van der Waals surface area (Å²) in [5, 5.41) is 3.60. The van der Waals surface area contributed by atoms with Gasteiger partial charge in [-0.05, 0) is 36.4 Å². The van der Waals surface area contributed by atoms with Gasteiger partial charge in [-0.2, -0.15) is 0 Å². The van der Waals surface area contributed by atoms with Crippen LogP contribution in [0.3, 0.4) is 0 Å². The van der Waals surface area contributed by atoms with Gasteiger partial charge < -0.3 is 10.1 Å². The Morgan fingerprint density at radius 3 is 2.48 bits per heavy atom. The Morgan fingerprint density at radius 2 is 1.74 bits per heavy atom. The van der Waals surface area contributed by atoms with Crippen LogP contribution in [0.4, 0.5) is 0 Å². The highest BCUT2D eigenvalue weighted by Gasteiger charge is 2.14. The Labute approximate surface area is 157 Å². The molecule has 2 aromatic carbocycles. The number of nitrogens with one attached hydrogen (secondary N) is 2. The topological polar surface area (TPSA) is 97.4 Å². The van der Waals surface area contributed by atoms with E-state index in [0.717, 1.165) is 10.9 Å². The smallest absolute Gasteiger partial charge is 0.269 e. The summed E-state index contributed by atoms with van der Waals surface area (Å²) in [7, 11) is -2.14. The Bertz CT molecular complexity index is 1050. The molecule has 7 nitrogen and oxygen atoms in total. The molecule has 2 N–H and O–H groups in total. The summed E-state index contributed by atoms with van der Waals surface area (Å²) in [6.07, 6.45) is 0. The number of ether oxygens (including phenoxy) is 1. The predicted octanol–water partition coefficient (Wildman–Crippen LogP) is 1.95. The van der Waals surface area contributed by atoms with E-state index in [1.54, 1.807) is 18.2 Å². The maximum absolute atomic E-state index is 12.2. The second kappa shape index (κ2) is 8.15. The third kappa shape index (κ3) is 4.60. The van der Waals surface area contributed by atoms with E-state index in [9.17, 15) is 13.2 Å². The zero-order valence-electron chi connectivity index (χ0n) is 14.7. The van der Waals surface area contributed by atoms with E-state index >= 15 is 0 Å². The maximum atomic E-state index is 12.2. The molecule has 0 aliphatic carbocycles. The molecule has 3 aromatic rings. The number of pyridine rings is 1. The van der Waals surface area contributed by atoms with Gasteiger partial charge in [-0.3, -0.25) is 4.79 Å². The highest BCUT2D eigenvalue weighted by Crippen LogP contribution is 2.15. The van der Waals surface area contributed by atoms with Crippen molar-refractivity contribution < 1.29 is 17.9 Å². The fraction of sp³-hybridized carbons (Fsp3) is 0.158. The first-order valence-electron chi connectivity index (χ1n) is 8.27. The van der Waals surface area contributed by atoms with E-state index in [1.807, 2.05) is 30.3 Å². The number of para-hydroxylation sites is 1. The first-order chi connectivity index (χ1) is 13.0. The molecule has 0 atom stereocenters. The number of rotatable bonds is 7. The van der Waals surface area contributed by atoms with E-state index in [0.29, 0.717) is 5.75 Å². The lowest BCUT2D eigenvalue weighted by atomic mass is 10.2. The number of benzene rings is 2. The van der Waals surface area contributed by atoms with Crippen LogP contribution in [-0.4, -0.2) is 39.5 Å². The van der Waals surface area contributed by atoms with E-state index in [-0.39, 0.29) is 29.6 Å². The molecule has 140 valence electrons. The molecule has 0 fully saturated rings. The fourth-order valence-corrected chi connectivity index (χ4v) is 3.51. The van der Waals surface area contributed by atoms with Crippen molar-refractivity contribution in [3.63, 3.8) is 0 Å². The average Bonchev–Trinajstić information content (AvgIpc) is 2.70. The van der Waals surface area contributed by atoms with Crippen molar-refractivity contribution in [3.05, 3.63) is 66.4 Å². The second-order valence-corrected chi connectivity index (χ2v) is 7.49. The zero-order valence-corrected chi connectivity index (χ0v) is 15.5. The van der Waals surface area contributed by atoms with Crippen LogP contribution in [0.25, 0.3) is 10.9 Å². The van der Waals surface area contributed by atoms with Gasteiger partial charge in [0.1, 0.15) is 11.4 Å². The molecule has 27 heavy (non-hydrogen) atoms. The fourth-order valence-electron chi connectivity index (χ4n) is 2.48. The number of hydrogen-bond acceptors (Lipinski definition) is 5. The number of carbonyl (C=O) groups is 1. The van der Waals surface area contributed by atoms with Gasteiger partial charge in [-0.15, -0.1) is 0 Å². The number of nitrogens with zero attached hydrogens (tertiary/aromatic N) is 1. The summed E-state index contributed by atoms with van der Waals surface area (Å²) in [6.45, 7) is 0.205. The monoisotopic (exact) mass is 385 g/mol. The molecule has 0 spiro atoms. The van der Waals surface area contributed by atoms with Crippen LogP contribution < -0.4 is 14.8 Å². The minimum Gasteiger partial charge on any atom is -0.497 e. The third-order valence-electron chi connectivity index (χ3n) is 3.90. The highest BCUT2D eigenvalue weighted by molar-refractivity contribution is 7.89. The molecule has 8 heteroatoms. The van der Waals surface area contributed by atoms with Crippen LogP contribution in [0.1, 0.15) is 10.5 Å². The first-order valence-corrected chi connectivity index (χ1v) is 9.75. The number of sulfonamides is 1. The largest absolute Gasteiger partial charge is 0.497 e. The summed E-state index contributed by atoms with van der Waals surface area (Å²) in [6, 6.07) is 17.0. The molecule has 0 radical (unpaired) electrons. The number of fused-ring (bicyclic) bond motifs is 1. The molecule has 0 bridgehead atoms. The van der Waals surface area contributed by atoms with E-state index < -0.39 is 10.0 Å². The number of carbonyl (C=O) groups excluding carboxylic acids is 1. The third-order valence-corrected chi connectivity index (χ3v) is 5.38. The van der Waals surface area contributed by atoms with Gasteiger partial charge in [0.2, 0.25) is 10.0 Å². The summed E-state index contributed by atoms with van der Waals surface area (Å²) in [4.78, 5) is 16.6. The van der Waals surface area contributed by atoms with Crippen LogP contribution in [0, 0.1) is 0 Å². The quantitative estimate of drug-likeness (QED) is 0.606. The lowest BCUT2D eigenvalue weighted by Gasteiger charge is -2.09. The second-order valence-electron chi connectivity index (χ2n) is 5.72. The summed E-state index contributed by atoms with van der Waals surface area (Å²) in [5.74, 6) is 0.216. The van der Waals surface area contributed by atoms with Gasteiger partial charge in [0.15, 0.2) is 0 Å². The molecule has 0 saturated carbocycles. The molecule has 1 amide bonds. The molecule has 3 rings (SSSR count). The van der Waals surface area contributed by atoms with Crippen molar-refractivity contribution in [2.45, 2.75) is 4.90 Å². The summed E-state index contributed by atoms with van der Waals surface area (Å²) < 4.78 is 31.9. The number of amides is 1. The van der Waals surface area contributed by atoms with Gasteiger partial charge in [0, 0.05) is 18.5 Å². The lowest BCUT2D eigenvalue weighted by Crippen LogP contribution is -2.35. The van der Waals surface area contributed by atoms with Gasteiger partial charge >= 0.3 is 0 Å². The van der Waals surface area contributed by atoms with Crippen LogP contribution >= 0.6 is 0 Å². The van der Waals surface area contributed by atoms with E-state index in [4.69, 9.17) is 4.74 Å². The minimum absolute atomic E-state index is 0.0632. The summed E-state index contributed by atoms with van der Waals surface area (Å²) >= 11 is 0. The number of aromatic nitrogens is 1. The molecule has 0 unspecified atom stereocenters. The molecule has 1 heterocycles. The van der Waals surface area contributed by atoms with Crippen LogP contribution in [0.2, 0.25) is 0 Å². The van der Waals surface area contributed by atoms with Crippen molar-refractivity contribution in [1.29, 1.82) is 0 Å². The Balaban J connectivity index is 1.54. The van der Waals surface area contributed by atoms with Crippen molar-refractivity contribution >= 4 is 26.8 Å². The van der Waals surface area contributed by atoms with Gasteiger partial charge in [0.05, 0.1) is 17.5 Å². The highest BCUT2D eigenvalue weighted by atomic mass is 32.2. The average molecular weight is 385 g/mol. The SMILES string of the molecule is COc1ccc(S(=O)(=O)NCCNC(=O)c2ccc3ccccc3n2)cc1. The Hall–Kier alpha value is -2.97. The van der Waals surface area contributed by atoms with Gasteiger partial charge in [-0.1, -0.05) is 24.3 Å². The van der Waals surface area contributed by atoms with Crippen molar-refractivity contribution in [3.8, 4) is 5.75 Å². The molecule has 0 aliphatic rings. The van der Waals surface area contributed by atoms with Crippen LogP contribution in [0.15, 0.2) is 65.6 Å². The Kier molecular flexibility index (Phi) is 5.68. The number of hydrogen-bond donors (Lipinski definition) is 2. The lowest BCUT2D eigenvalue weighted by molar-refractivity contribution is 0.0949. The minimum atomic E-state index is -3.65. The number of methoxy groups -OCH3 is 1. The van der Waals surface area contributed by atoms with E-state index in [2.05, 4.69) is 15.0 Å². The van der Waals surface area contributed by atoms with Gasteiger partial charge in [-0.25, -0.2) is 18.1 Å². The maximum Gasteiger partial charge on any atom is 0.269 e. The Morgan fingerprint density at radius 1 is 1.00 bits per heavy atom. The first kappa shape index (κ1) is 18.8. The van der Waals surface area contributed by atoms with Crippen LogP contribution in [0.5, 0.6) is 5.75 Å². The standard InChI is InChI=1S/C19H19N3O4S/c1-26-15-7-9-16(10-8-15)27(24,25)21-13-12-20-19(23)18-11-6-14-4-2-3-5-17(14)22-18/h2-11,21H,12-13H2,1H3,(H,20,23). The zero-order chi connectivity index (χ0) is 19.3. The molecular weight excluding hydrogens is 366 g/mol. The van der Waals surface area contributed by atoms with Gasteiger partial charge in [0.25, 0.3) is 5.91 Å². The molecular formula is C19H19N3O4S. The normalized spacial score (nSPS) is 11.3. The molecule has 0 saturated heterocycles.